The van der Waals surface area contributed by atoms with E-state index in [-0.39, 0.29) is 0 Å². The van der Waals surface area contributed by atoms with Crippen molar-refractivity contribution in [2.75, 3.05) is 0 Å². The Kier molecular flexibility index (Phi) is 4.42. The number of nitrogens with one attached hydrogen (secondary N) is 1. The molecule has 0 aliphatic rings. The molecule has 0 saturated carbocycles. The van der Waals surface area contributed by atoms with Gasteiger partial charge in [0.05, 0.1) is 6.20 Å². The third-order valence-corrected chi connectivity index (χ3v) is 4.46. The van der Waals surface area contributed by atoms with E-state index in [1.54, 1.807) is 0 Å². The first-order chi connectivity index (χ1) is 8.99. The van der Waals surface area contributed by atoms with Gasteiger partial charge in [0.15, 0.2) is 0 Å². The first-order valence-corrected chi connectivity index (χ1v) is 7.25. The van der Waals surface area contributed by atoms with Crippen molar-refractivity contribution in [3.8, 4) is 0 Å². The van der Waals surface area contributed by atoms with Crippen molar-refractivity contribution in [1.82, 2.24) is 15.1 Å². The molecular weight excluding hydrogens is 302 g/mol. The summed E-state index contributed by atoms with van der Waals surface area (Å²) in [7, 11) is 1.98. The van der Waals surface area contributed by atoms with E-state index in [0.717, 1.165) is 11.0 Å². The second kappa shape index (κ2) is 5.88. The fourth-order valence-corrected chi connectivity index (χ4v) is 2.39. The van der Waals surface area contributed by atoms with Crippen molar-refractivity contribution in [1.29, 1.82) is 0 Å². The molecule has 0 bridgehead atoms. The molecule has 3 nitrogen and oxygen atoms in total. The average Bonchev–Trinajstić information content (AvgIpc) is 2.71. The monoisotopic (exact) mass is 321 g/mol. The van der Waals surface area contributed by atoms with Gasteiger partial charge in [-0.1, -0.05) is 28.1 Å². The van der Waals surface area contributed by atoms with Crippen LogP contribution in [0.25, 0.3) is 0 Å². The number of nitrogens with zero attached hydrogens (tertiary/aromatic N) is 2. The molecule has 0 saturated heterocycles. The van der Waals surface area contributed by atoms with Crippen molar-refractivity contribution in [3.63, 3.8) is 0 Å². The molecule has 0 aliphatic carbocycles. The van der Waals surface area contributed by atoms with Gasteiger partial charge >= 0.3 is 0 Å². The number of rotatable bonds is 4. The van der Waals surface area contributed by atoms with Gasteiger partial charge in [0, 0.05) is 35.4 Å². The van der Waals surface area contributed by atoms with Crippen LogP contribution in [0.4, 0.5) is 0 Å². The summed E-state index contributed by atoms with van der Waals surface area (Å²) in [5, 5.41) is 7.84. The van der Waals surface area contributed by atoms with Gasteiger partial charge < -0.3 is 5.32 Å². The summed E-state index contributed by atoms with van der Waals surface area (Å²) in [4.78, 5) is 0. The average molecular weight is 322 g/mol. The highest BCUT2D eigenvalue weighted by atomic mass is 79.9. The quantitative estimate of drug-likeness (QED) is 0.931. The van der Waals surface area contributed by atoms with Crippen LogP contribution < -0.4 is 5.32 Å². The number of halogens is 1. The van der Waals surface area contributed by atoms with Crippen LogP contribution in [-0.2, 0) is 13.6 Å². The van der Waals surface area contributed by atoms with E-state index in [4.69, 9.17) is 0 Å². The number of aryl methyl sites for hydroxylation is 2. The van der Waals surface area contributed by atoms with E-state index >= 15 is 0 Å². The van der Waals surface area contributed by atoms with Gasteiger partial charge in [-0.2, -0.15) is 5.10 Å². The van der Waals surface area contributed by atoms with Crippen LogP contribution in [0.5, 0.6) is 0 Å². The number of benzene rings is 1. The minimum Gasteiger partial charge on any atom is -0.306 e. The lowest BCUT2D eigenvalue weighted by Crippen LogP contribution is -2.18. The summed E-state index contributed by atoms with van der Waals surface area (Å²) in [6.45, 7) is 7.26. The number of aromatic nitrogens is 2. The highest BCUT2D eigenvalue weighted by Gasteiger charge is 2.11. The third-order valence-electron chi connectivity index (χ3n) is 3.57. The molecule has 1 aromatic heterocycles. The smallest absolute Gasteiger partial charge is 0.0540 e. The molecule has 2 aromatic rings. The Morgan fingerprint density at radius 2 is 2.11 bits per heavy atom. The van der Waals surface area contributed by atoms with E-state index in [1.165, 1.54) is 22.4 Å². The minimum atomic E-state index is 0.303. The van der Waals surface area contributed by atoms with Gasteiger partial charge in [-0.25, -0.2) is 0 Å². The second-order valence-electron chi connectivity index (χ2n) is 5.00. The van der Waals surface area contributed by atoms with Gasteiger partial charge in [-0.15, -0.1) is 0 Å². The van der Waals surface area contributed by atoms with Crippen molar-refractivity contribution >= 4 is 15.9 Å². The predicted molar refractivity (Wildman–Crippen MR) is 82.1 cm³/mol. The van der Waals surface area contributed by atoms with Gasteiger partial charge in [-0.3, -0.25) is 4.68 Å². The highest BCUT2D eigenvalue weighted by molar-refractivity contribution is 9.10. The molecule has 1 N–H and O–H groups in total. The SMILES string of the molecule is Cc1cc(CNC(C)c2cnn(C)c2C)ccc1Br. The third kappa shape index (κ3) is 3.25. The van der Waals surface area contributed by atoms with Gasteiger partial charge in [0.1, 0.15) is 0 Å². The summed E-state index contributed by atoms with van der Waals surface area (Å²) in [6.07, 6.45) is 1.94. The Balaban J connectivity index is 2.02. The van der Waals surface area contributed by atoms with E-state index in [9.17, 15) is 0 Å². The Hall–Kier alpha value is -1.13. The summed E-state index contributed by atoms with van der Waals surface area (Å²) in [5.41, 5.74) is 5.04. The molecule has 0 aliphatic heterocycles. The van der Waals surface area contributed by atoms with Crippen LogP contribution in [-0.4, -0.2) is 9.78 Å². The summed E-state index contributed by atoms with van der Waals surface area (Å²) >= 11 is 3.53. The van der Waals surface area contributed by atoms with Crippen molar-refractivity contribution in [3.05, 3.63) is 51.3 Å². The zero-order valence-electron chi connectivity index (χ0n) is 11.9. The Bertz CT molecular complexity index is 575. The first-order valence-electron chi connectivity index (χ1n) is 6.46. The van der Waals surface area contributed by atoms with Crippen molar-refractivity contribution in [2.45, 2.75) is 33.4 Å². The molecule has 2 rings (SSSR count). The predicted octanol–water partition coefficient (Wildman–Crippen LogP) is 3.65. The molecule has 1 unspecified atom stereocenters. The lowest BCUT2D eigenvalue weighted by atomic mass is 10.1. The van der Waals surface area contributed by atoms with Gasteiger partial charge in [0.25, 0.3) is 0 Å². The molecule has 0 amide bonds. The Labute approximate surface area is 123 Å². The zero-order valence-corrected chi connectivity index (χ0v) is 13.5. The first kappa shape index (κ1) is 14.3. The summed E-state index contributed by atoms with van der Waals surface area (Å²) in [5.74, 6) is 0. The van der Waals surface area contributed by atoms with E-state index < -0.39 is 0 Å². The topological polar surface area (TPSA) is 29.9 Å². The molecular formula is C15H20BrN3. The normalized spacial score (nSPS) is 12.7. The number of hydrogen-bond donors (Lipinski definition) is 1. The molecule has 1 heterocycles. The lowest BCUT2D eigenvalue weighted by molar-refractivity contribution is 0.570. The van der Waals surface area contributed by atoms with Crippen molar-refractivity contribution in [2.24, 2.45) is 7.05 Å². The van der Waals surface area contributed by atoms with E-state index in [2.05, 4.69) is 65.3 Å². The molecule has 0 spiro atoms. The molecule has 0 fully saturated rings. The van der Waals surface area contributed by atoms with Gasteiger partial charge in [0.2, 0.25) is 0 Å². The van der Waals surface area contributed by atoms with E-state index in [1.807, 2.05) is 17.9 Å². The Morgan fingerprint density at radius 3 is 2.68 bits per heavy atom. The van der Waals surface area contributed by atoms with Crippen LogP contribution in [0, 0.1) is 13.8 Å². The number of hydrogen-bond acceptors (Lipinski definition) is 2. The summed E-state index contributed by atoms with van der Waals surface area (Å²) in [6, 6.07) is 6.76. The van der Waals surface area contributed by atoms with Crippen molar-refractivity contribution < 1.29 is 0 Å². The maximum Gasteiger partial charge on any atom is 0.0540 e. The fraction of sp³-hybridized carbons (Fsp3) is 0.400. The van der Waals surface area contributed by atoms with E-state index in [0.29, 0.717) is 6.04 Å². The molecule has 102 valence electrons. The Morgan fingerprint density at radius 1 is 1.37 bits per heavy atom. The molecule has 4 heteroatoms. The van der Waals surface area contributed by atoms with Crippen LogP contribution in [0.1, 0.15) is 35.3 Å². The van der Waals surface area contributed by atoms with Crippen LogP contribution >= 0.6 is 15.9 Å². The standard InChI is InChI=1S/C15H20BrN3/c1-10-7-13(5-6-15(10)16)8-17-11(2)14-9-18-19(4)12(14)3/h5-7,9,11,17H,8H2,1-4H3. The highest BCUT2D eigenvalue weighted by Crippen LogP contribution is 2.19. The van der Waals surface area contributed by atoms with Crippen LogP contribution in [0.15, 0.2) is 28.9 Å². The second-order valence-corrected chi connectivity index (χ2v) is 5.85. The fourth-order valence-electron chi connectivity index (χ4n) is 2.14. The van der Waals surface area contributed by atoms with Crippen LogP contribution in [0.2, 0.25) is 0 Å². The molecule has 1 atom stereocenters. The molecule has 0 radical (unpaired) electrons. The zero-order chi connectivity index (χ0) is 14.0. The molecule has 1 aromatic carbocycles. The maximum atomic E-state index is 4.29. The largest absolute Gasteiger partial charge is 0.306 e. The minimum absolute atomic E-state index is 0.303. The van der Waals surface area contributed by atoms with Crippen LogP contribution in [0.3, 0.4) is 0 Å². The lowest BCUT2D eigenvalue weighted by Gasteiger charge is -2.14. The maximum absolute atomic E-state index is 4.29. The summed E-state index contributed by atoms with van der Waals surface area (Å²) < 4.78 is 3.07. The molecule has 19 heavy (non-hydrogen) atoms. The van der Waals surface area contributed by atoms with Gasteiger partial charge in [-0.05, 0) is 38.0 Å².